The van der Waals surface area contributed by atoms with Gasteiger partial charge in [-0.1, -0.05) is 38.8 Å². The van der Waals surface area contributed by atoms with E-state index in [1.165, 1.54) is 6.20 Å². The van der Waals surface area contributed by atoms with Crippen LogP contribution in [0.1, 0.15) is 20.3 Å². The number of likely N-dealkylation sites (N-methyl/N-ethyl adjacent to an activating group) is 1. The third kappa shape index (κ3) is 12.4. The summed E-state index contributed by atoms with van der Waals surface area (Å²) in [4.78, 5) is 6.40. The van der Waals surface area contributed by atoms with Crippen LogP contribution in [0.15, 0.2) is 66.8 Å². The standard InChI is InChI=1S/C14H23N3.C2H5N.C2H2/c1-7-11(4)10-17(6)14(12(5)15)16-13(8-2)9-3;1-2-3;1-2/h8-9H,2-4,7,10,15H2,1,5-6H3;2H,1,3H2;1-2H/b14-12-;;. The number of terminal acetylenes is 1. The minimum atomic E-state index is 0.664. The highest BCUT2D eigenvalue weighted by Gasteiger charge is 2.07. The quantitative estimate of drug-likeness (QED) is 0.431. The Labute approximate surface area is 136 Å². The lowest BCUT2D eigenvalue weighted by Gasteiger charge is -2.21. The summed E-state index contributed by atoms with van der Waals surface area (Å²) in [5.74, 6) is 0.731. The van der Waals surface area contributed by atoms with Crippen molar-refractivity contribution < 1.29 is 0 Å². The van der Waals surface area contributed by atoms with E-state index in [9.17, 15) is 0 Å². The molecule has 0 aliphatic heterocycles. The van der Waals surface area contributed by atoms with E-state index in [1.807, 2.05) is 18.9 Å². The molecule has 0 radical (unpaired) electrons. The van der Waals surface area contributed by atoms with Crippen LogP contribution in [0.5, 0.6) is 0 Å². The summed E-state index contributed by atoms with van der Waals surface area (Å²) < 4.78 is 0. The zero-order chi connectivity index (χ0) is 18.1. The van der Waals surface area contributed by atoms with Crippen molar-refractivity contribution in [2.24, 2.45) is 16.5 Å². The molecule has 0 aromatic carbocycles. The van der Waals surface area contributed by atoms with E-state index >= 15 is 0 Å². The summed E-state index contributed by atoms with van der Waals surface area (Å²) in [6.45, 7) is 19.1. The largest absolute Gasteiger partial charge is 0.405 e. The Morgan fingerprint density at radius 3 is 1.91 bits per heavy atom. The highest BCUT2D eigenvalue weighted by atomic mass is 15.2. The van der Waals surface area contributed by atoms with Crippen LogP contribution in [-0.4, -0.2) is 24.2 Å². The highest BCUT2D eigenvalue weighted by Crippen LogP contribution is 2.11. The van der Waals surface area contributed by atoms with Crippen LogP contribution in [0.25, 0.3) is 0 Å². The molecule has 122 valence electrons. The fraction of sp³-hybridized carbons (Fsp3) is 0.278. The van der Waals surface area contributed by atoms with E-state index in [-0.39, 0.29) is 0 Å². The van der Waals surface area contributed by atoms with Crippen molar-refractivity contribution in [1.29, 1.82) is 0 Å². The van der Waals surface area contributed by atoms with Gasteiger partial charge in [0.2, 0.25) is 0 Å². The topological polar surface area (TPSA) is 67.6 Å². The lowest BCUT2D eigenvalue weighted by molar-refractivity contribution is 0.439. The fourth-order valence-corrected chi connectivity index (χ4v) is 1.29. The number of nitrogens with two attached hydrogens (primary N) is 2. The number of aliphatic imine (C=N–C) groups is 1. The third-order valence-corrected chi connectivity index (χ3v) is 2.33. The third-order valence-electron chi connectivity index (χ3n) is 2.33. The predicted molar refractivity (Wildman–Crippen MR) is 101 cm³/mol. The first kappa shape index (κ1) is 24.4. The molecule has 0 saturated carbocycles. The minimum Gasteiger partial charge on any atom is -0.405 e. The van der Waals surface area contributed by atoms with E-state index in [1.54, 1.807) is 12.2 Å². The van der Waals surface area contributed by atoms with Gasteiger partial charge in [-0.05, 0) is 31.7 Å². The molecule has 0 atom stereocenters. The fourth-order valence-electron chi connectivity index (χ4n) is 1.29. The van der Waals surface area contributed by atoms with Gasteiger partial charge in [0.05, 0.1) is 5.71 Å². The Kier molecular flexibility index (Phi) is 18.1. The van der Waals surface area contributed by atoms with Crippen LogP contribution >= 0.6 is 0 Å². The van der Waals surface area contributed by atoms with Gasteiger partial charge in [-0.2, -0.15) is 0 Å². The second-order valence-corrected chi connectivity index (χ2v) is 4.15. The maximum atomic E-state index is 5.85. The molecule has 4 N–H and O–H groups in total. The number of rotatable bonds is 7. The molecule has 0 saturated heterocycles. The first-order valence-corrected chi connectivity index (χ1v) is 6.71. The van der Waals surface area contributed by atoms with Gasteiger partial charge in [0.25, 0.3) is 0 Å². The summed E-state index contributed by atoms with van der Waals surface area (Å²) in [5, 5.41) is 0. The number of hydrogen-bond donors (Lipinski definition) is 2. The van der Waals surface area contributed by atoms with Crippen LogP contribution in [0.3, 0.4) is 0 Å². The van der Waals surface area contributed by atoms with E-state index in [0.717, 1.165) is 24.4 Å². The molecule has 0 unspecified atom stereocenters. The van der Waals surface area contributed by atoms with E-state index in [4.69, 9.17) is 5.73 Å². The molecule has 0 rings (SSSR count). The van der Waals surface area contributed by atoms with E-state index < -0.39 is 0 Å². The van der Waals surface area contributed by atoms with Crippen LogP contribution in [0, 0.1) is 12.8 Å². The van der Waals surface area contributed by atoms with Gasteiger partial charge in [0.15, 0.2) is 0 Å². The van der Waals surface area contributed by atoms with Crippen LogP contribution in [-0.2, 0) is 0 Å². The van der Waals surface area contributed by atoms with Crippen molar-refractivity contribution in [3.05, 3.63) is 61.8 Å². The molecule has 0 spiro atoms. The van der Waals surface area contributed by atoms with Crippen molar-refractivity contribution in [1.82, 2.24) is 4.90 Å². The molecule has 0 aliphatic carbocycles. The van der Waals surface area contributed by atoms with Crippen LogP contribution in [0.2, 0.25) is 0 Å². The van der Waals surface area contributed by atoms with Gasteiger partial charge >= 0.3 is 0 Å². The van der Waals surface area contributed by atoms with Crippen LogP contribution in [0.4, 0.5) is 0 Å². The number of nitrogens with zero attached hydrogens (tertiary/aromatic N) is 2. The monoisotopic (exact) mass is 302 g/mol. The first-order valence-electron chi connectivity index (χ1n) is 6.71. The normalized spacial score (nSPS) is 9.32. The average Bonchev–Trinajstić information content (AvgIpc) is 2.50. The molecular weight excluding hydrogens is 272 g/mol. The van der Waals surface area contributed by atoms with Crippen molar-refractivity contribution in [2.75, 3.05) is 13.6 Å². The zero-order valence-corrected chi connectivity index (χ0v) is 14.2. The Hall–Kier alpha value is -2.67. The molecule has 22 heavy (non-hydrogen) atoms. The van der Waals surface area contributed by atoms with Gasteiger partial charge in [-0.15, -0.1) is 12.8 Å². The second kappa shape index (κ2) is 16.4. The molecule has 0 fully saturated rings. The van der Waals surface area contributed by atoms with Crippen LogP contribution < -0.4 is 11.5 Å². The number of allylic oxidation sites excluding steroid dienone is 3. The molecule has 0 aliphatic rings. The molecule has 0 heterocycles. The summed E-state index contributed by atoms with van der Waals surface area (Å²) in [6.07, 6.45) is 13.5. The highest BCUT2D eigenvalue weighted by molar-refractivity contribution is 6.03. The molecule has 0 aromatic rings. The Balaban J connectivity index is -0.000000637. The van der Waals surface area contributed by atoms with Gasteiger partial charge in [0, 0.05) is 19.3 Å². The zero-order valence-electron chi connectivity index (χ0n) is 14.2. The summed E-state index contributed by atoms with van der Waals surface area (Å²) in [6, 6.07) is 0. The second-order valence-electron chi connectivity index (χ2n) is 4.15. The molecule has 4 nitrogen and oxygen atoms in total. The Morgan fingerprint density at radius 2 is 1.64 bits per heavy atom. The van der Waals surface area contributed by atoms with E-state index in [2.05, 4.69) is 56.8 Å². The summed E-state index contributed by atoms with van der Waals surface area (Å²) in [5.41, 5.74) is 13.0. The van der Waals surface area contributed by atoms with Crippen molar-refractivity contribution in [2.45, 2.75) is 20.3 Å². The molecule has 0 bridgehead atoms. The molecule has 0 amide bonds. The Bertz CT molecular complexity index is 425. The van der Waals surface area contributed by atoms with Gasteiger partial charge in [-0.25, -0.2) is 4.99 Å². The lowest BCUT2D eigenvalue weighted by Crippen LogP contribution is -2.22. The first-order chi connectivity index (χ1) is 10.4. The predicted octanol–water partition coefficient (Wildman–Crippen LogP) is 3.18. The SMILES string of the molecule is C#C.C=CC(C=C)=N/C(=C(\C)N)N(C)CC(=C)CC.C=CN. The average molecular weight is 302 g/mol. The Morgan fingerprint density at radius 1 is 1.23 bits per heavy atom. The maximum absolute atomic E-state index is 5.85. The van der Waals surface area contributed by atoms with Crippen molar-refractivity contribution in [3.63, 3.8) is 0 Å². The lowest BCUT2D eigenvalue weighted by atomic mass is 10.2. The minimum absolute atomic E-state index is 0.664. The van der Waals surface area contributed by atoms with Crippen molar-refractivity contribution >= 4 is 5.71 Å². The van der Waals surface area contributed by atoms with E-state index in [0.29, 0.717) is 11.4 Å². The van der Waals surface area contributed by atoms with Gasteiger partial charge < -0.3 is 16.4 Å². The maximum Gasteiger partial charge on any atom is 0.147 e. The molecule has 0 aromatic heterocycles. The summed E-state index contributed by atoms with van der Waals surface area (Å²) in [7, 11) is 1.94. The molecular formula is C18H30N4. The van der Waals surface area contributed by atoms with Gasteiger partial charge in [0.1, 0.15) is 5.82 Å². The smallest absolute Gasteiger partial charge is 0.147 e. The number of hydrogen-bond acceptors (Lipinski definition) is 4. The van der Waals surface area contributed by atoms with Crippen molar-refractivity contribution in [3.8, 4) is 12.8 Å². The molecule has 4 heteroatoms. The summed E-state index contributed by atoms with van der Waals surface area (Å²) >= 11 is 0. The van der Waals surface area contributed by atoms with Gasteiger partial charge in [-0.3, -0.25) is 0 Å².